The van der Waals surface area contributed by atoms with Crippen molar-refractivity contribution in [1.29, 1.82) is 0 Å². The number of piperidine rings is 3. The van der Waals surface area contributed by atoms with Crippen LogP contribution in [0.4, 0.5) is 0 Å². The molecule has 4 fully saturated rings. The lowest BCUT2D eigenvalue weighted by Gasteiger charge is -2.52. The number of carbonyl (C=O) groups is 1. The predicted molar refractivity (Wildman–Crippen MR) is 98.5 cm³/mol. The lowest BCUT2D eigenvalue weighted by molar-refractivity contribution is -0.00138. The molecule has 0 radical (unpaired) electrons. The van der Waals surface area contributed by atoms with Crippen LogP contribution in [-0.2, 0) is 6.42 Å². The number of benzene rings is 1. The Morgan fingerprint density at radius 3 is 2.92 bits per heavy atom. The number of rotatable bonds is 2. The van der Waals surface area contributed by atoms with Crippen molar-refractivity contribution in [3.63, 3.8) is 0 Å². The molecule has 5 heteroatoms. The van der Waals surface area contributed by atoms with Crippen LogP contribution in [-0.4, -0.2) is 42.1 Å². The zero-order chi connectivity index (χ0) is 16.6. The maximum atomic E-state index is 13.0. The molecule has 1 saturated carbocycles. The smallest absolute Gasteiger partial charge is 0.261 e. The summed E-state index contributed by atoms with van der Waals surface area (Å²) >= 11 is 1.59. The summed E-state index contributed by atoms with van der Waals surface area (Å²) in [6, 6.07) is 6.66. The molecule has 25 heavy (non-hydrogen) atoms. The molecule has 4 aliphatic heterocycles. The fourth-order valence-corrected chi connectivity index (χ4v) is 6.47. The van der Waals surface area contributed by atoms with E-state index in [2.05, 4.69) is 22.3 Å². The number of nitrogens with zero attached hydrogens (tertiary/aromatic N) is 1. The van der Waals surface area contributed by atoms with E-state index in [4.69, 9.17) is 4.74 Å². The highest BCUT2D eigenvalue weighted by Gasteiger charge is 2.60. The van der Waals surface area contributed by atoms with Gasteiger partial charge in [-0.3, -0.25) is 9.69 Å². The first-order valence-corrected chi connectivity index (χ1v) is 10.3. The molecule has 1 atom stereocenters. The van der Waals surface area contributed by atoms with Gasteiger partial charge >= 0.3 is 0 Å². The van der Waals surface area contributed by atoms with Crippen molar-refractivity contribution in [1.82, 2.24) is 10.2 Å². The molecule has 7 rings (SSSR count). The first kappa shape index (κ1) is 14.6. The quantitative estimate of drug-likeness (QED) is 0.900. The Balaban J connectivity index is 1.31. The van der Waals surface area contributed by atoms with E-state index in [1.165, 1.54) is 44.3 Å². The molecule has 1 aromatic heterocycles. The van der Waals surface area contributed by atoms with Crippen molar-refractivity contribution in [2.24, 2.45) is 5.92 Å². The van der Waals surface area contributed by atoms with Gasteiger partial charge in [0.25, 0.3) is 5.91 Å². The van der Waals surface area contributed by atoms with Crippen LogP contribution in [0.2, 0.25) is 0 Å². The Hall–Kier alpha value is -1.59. The Kier molecular flexibility index (Phi) is 2.90. The van der Waals surface area contributed by atoms with E-state index in [9.17, 15) is 4.79 Å². The zero-order valence-electron chi connectivity index (χ0n) is 14.2. The van der Waals surface area contributed by atoms with E-state index in [1.54, 1.807) is 11.3 Å². The average Bonchev–Trinajstić information content (AvgIpc) is 3.08. The minimum Gasteiger partial charge on any atom is -0.491 e. The Labute approximate surface area is 151 Å². The maximum Gasteiger partial charge on any atom is 0.261 e. The van der Waals surface area contributed by atoms with Gasteiger partial charge in [-0.1, -0.05) is 12.1 Å². The summed E-state index contributed by atoms with van der Waals surface area (Å²) in [7, 11) is 0. The molecule has 2 bridgehead atoms. The Morgan fingerprint density at radius 2 is 2.12 bits per heavy atom. The molecule has 3 saturated heterocycles. The fraction of sp³-hybridized carbons (Fsp3) is 0.550. The number of fused-ring (bicyclic) bond motifs is 5. The largest absolute Gasteiger partial charge is 0.491 e. The second-order valence-corrected chi connectivity index (χ2v) is 9.11. The second-order valence-electron chi connectivity index (χ2n) is 8.06. The molecule has 5 aliphatic rings. The standard InChI is InChI=1S/C20H22N2O2S/c23-19(21-18-13-3-8-22(9-4-13)20(18)6-7-20)15-11-14-2-1-12-5-10-24-16(12)17(14)25-15/h1-2,11,13,18H,3-10H2,(H,21,23). The highest BCUT2D eigenvalue weighted by molar-refractivity contribution is 7.21. The third kappa shape index (κ3) is 1.99. The molecule has 4 nitrogen and oxygen atoms in total. The zero-order valence-corrected chi connectivity index (χ0v) is 15.0. The van der Waals surface area contributed by atoms with Gasteiger partial charge in [-0.25, -0.2) is 0 Å². The van der Waals surface area contributed by atoms with Crippen LogP contribution in [0.15, 0.2) is 18.2 Å². The first-order valence-electron chi connectivity index (χ1n) is 9.49. The van der Waals surface area contributed by atoms with Gasteiger partial charge in [-0.15, -0.1) is 11.3 Å². The number of nitrogens with one attached hydrogen (secondary N) is 1. The van der Waals surface area contributed by atoms with Gasteiger partial charge in [0, 0.05) is 12.0 Å². The molecule has 1 spiro atoms. The van der Waals surface area contributed by atoms with Crippen LogP contribution in [0.25, 0.3) is 10.1 Å². The molecule has 1 unspecified atom stereocenters. The monoisotopic (exact) mass is 354 g/mol. The van der Waals surface area contributed by atoms with E-state index in [0.717, 1.165) is 33.7 Å². The number of ether oxygens (including phenoxy) is 1. The van der Waals surface area contributed by atoms with Crippen molar-refractivity contribution in [3.8, 4) is 5.75 Å². The molecule has 1 amide bonds. The minimum atomic E-state index is 0.109. The van der Waals surface area contributed by atoms with Gasteiger partial charge in [0.15, 0.2) is 0 Å². The van der Waals surface area contributed by atoms with Crippen molar-refractivity contribution >= 4 is 27.3 Å². The third-order valence-corrected chi connectivity index (χ3v) is 7.98. The first-order chi connectivity index (χ1) is 12.2. The summed E-state index contributed by atoms with van der Waals surface area (Å²) in [5.74, 6) is 1.78. The van der Waals surface area contributed by atoms with Gasteiger partial charge in [0.05, 0.1) is 22.2 Å². The van der Waals surface area contributed by atoms with Crippen molar-refractivity contribution in [2.45, 2.75) is 43.7 Å². The highest BCUT2D eigenvalue weighted by Crippen LogP contribution is 2.53. The molecule has 130 valence electrons. The number of thiophene rings is 1. The number of carbonyl (C=O) groups excluding carboxylic acids is 1. The molecule has 1 N–H and O–H groups in total. The SMILES string of the molecule is O=C(NC1C2CCN(CC2)C12CC2)c1cc2ccc3c(c2s1)OCC3. The van der Waals surface area contributed by atoms with Crippen molar-refractivity contribution in [3.05, 3.63) is 28.6 Å². The van der Waals surface area contributed by atoms with Gasteiger partial charge in [0.1, 0.15) is 5.75 Å². The summed E-state index contributed by atoms with van der Waals surface area (Å²) < 4.78 is 6.94. The van der Waals surface area contributed by atoms with E-state index >= 15 is 0 Å². The van der Waals surface area contributed by atoms with Crippen LogP contribution >= 0.6 is 11.3 Å². The van der Waals surface area contributed by atoms with E-state index in [1.807, 2.05) is 6.07 Å². The molecule has 1 aromatic carbocycles. The highest BCUT2D eigenvalue weighted by atomic mass is 32.1. The average molecular weight is 354 g/mol. The number of amides is 1. The molecular weight excluding hydrogens is 332 g/mol. The molecule has 2 aromatic rings. The summed E-state index contributed by atoms with van der Waals surface area (Å²) in [6.07, 6.45) is 5.96. The third-order valence-electron chi connectivity index (χ3n) is 6.83. The van der Waals surface area contributed by atoms with Crippen LogP contribution in [0.3, 0.4) is 0 Å². The van der Waals surface area contributed by atoms with E-state index in [-0.39, 0.29) is 11.4 Å². The van der Waals surface area contributed by atoms with Crippen LogP contribution in [0, 0.1) is 5.92 Å². The normalized spacial score (nSPS) is 31.1. The van der Waals surface area contributed by atoms with Crippen molar-refractivity contribution in [2.75, 3.05) is 19.7 Å². The number of hydrogen-bond acceptors (Lipinski definition) is 4. The van der Waals surface area contributed by atoms with Crippen molar-refractivity contribution < 1.29 is 9.53 Å². The maximum absolute atomic E-state index is 13.0. The van der Waals surface area contributed by atoms with E-state index in [0.29, 0.717) is 12.0 Å². The van der Waals surface area contributed by atoms with Gasteiger partial charge in [-0.2, -0.15) is 0 Å². The second kappa shape index (κ2) is 4.98. The topological polar surface area (TPSA) is 41.6 Å². The summed E-state index contributed by atoms with van der Waals surface area (Å²) in [6.45, 7) is 3.21. The Bertz CT molecular complexity index is 877. The minimum absolute atomic E-state index is 0.109. The van der Waals surface area contributed by atoms with Gasteiger partial charge in [-0.05, 0) is 61.7 Å². The lowest BCUT2D eigenvalue weighted by atomic mass is 9.77. The summed E-state index contributed by atoms with van der Waals surface area (Å²) in [5.41, 5.74) is 1.56. The number of hydrogen-bond donors (Lipinski definition) is 1. The molecular formula is C20H22N2O2S. The van der Waals surface area contributed by atoms with Crippen LogP contribution in [0.1, 0.15) is 40.9 Å². The predicted octanol–water partition coefficient (Wildman–Crippen LogP) is 3.19. The Morgan fingerprint density at radius 1 is 1.28 bits per heavy atom. The molecule has 5 heterocycles. The van der Waals surface area contributed by atoms with E-state index < -0.39 is 0 Å². The summed E-state index contributed by atoms with van der Waals surface area (Å²) in [5, 5.41) is 4.57. The summed E-state index contributed by atoms with van der Waals surface area (Å²) in [4.78, 5) is 16.5. The van der Waals surface area contributed by atoms with Crippen LogP contribution in [0.5, 0.6) is 5.75 Å². The fourth-order valence-electron chi connectivity index (χ4n) is 5.38. The van der Waals surface area contributed by atoms with Gasteiger partial charge < -0.3 is 10.1 Å². The van der Waals surface area contributed by atoms with Gasteiger partial charge in [0.2, 0.25) is 0 Å². The van der Waals surface area contributed by atoms with Crippen LogP contribution < -0.4 is 10.1 Å². The molecule has 1 aliphatic carbocycles. The lowest BCUT2D eigenvalue weighted by Crippen LogP contribution is -2.65.